The first-order valence-corrected chi connectivity index (χ1v) is 8.52. The lowest BCUT2D eigenvalue weighted by atomic mass is 10.1. The van der Waals surface area contributed by atoms with E-state index in [1.54, 1.807) is 11.8 Å². The maximum atomic E-state index is 11.8. The fourth-order valence-corrected chi connectivity index (χ4v) is 2.67. The lowest BCUT2D eigenvalue weighted by Crippen LogP contribution is -2.46. The second-order valence-corrected chi connectivity index (χ2v) is 7.14. The number of hydrogen-bond acceptors (Lipinski definition) is 5. The Bertz CT molecular complexity index is 442. The van der Waals surface area contributed by atoms with Crippen LogP contribution < -0.4 is 11.2 Å². The lowest BCUT2D eigenvalue weighted by molar-refractivity contribution is -0.147. The van der Waals surface area contributed by atoms with E-state index in [2.05, 4.69) is 19.3 Å². The Hall–Kier alpha value is -1.08. The van der Waals surface area contributed by atoms with Gasteiger partial charge < -0.3 is 10.8 Å². The van der Waals surface area contributed by atoms with Crippen LogP contribution in [0, 0.1) is 0 Å². The molecule has 0 spiro atoms. The molecule has 2 unspecified atom stereocenters. The molecule has 0 aliphatic rings. The van der Waals surface area contributed by atoms with Gasteiger partial charge in [0.05, 0.1) is 0 Å². The smallest absolute Gasteiger partial charge is 0.273 e. The highest BCUT2D eigenvalue weighted by Crippen LogP contribution is 2.15. The molecule has 22 heavy (non-hydrogen) atoms. The molecule has 1 rings (SSSR count). The third-order valence-electron chi connectivity index (χ3n) is 3.18. The predicted molar refractivity (Wildman–Crippen MR) is 90.3 cm³/mol. The van der Waals surface area contributed by atoms with Crippen molar-refractivity contribution in [3.63, 3.8) is 0 Å². The number of nitrogens with two attached hydrogens (primary N) is 1. The third-order valence-corrected chi connectivity index (χ3v) is 4.32. The van der Waals surface area contributed by atoms with Crippen molar-refractivity contribution in [1.29, 1.82) is 0 Å². The standard InChI is InChI=1S/C16H26N2O3S/c1-11(2)22-10-9-14(17)15(19)16(20)18-21-12(3)13-7-5-4-6-8-13/h4-8,11-12,14-15,19H,9-10,17H2,1-3H3,(H,18,20)/t12?,14-,15?/m1/s1. The maximum absolute atomic E-state index is 11.8. The van der Waals surface area contributed by atoms with Gasteiger partial charge in [-0.2, -0.15) is 11.8 Å². The molecule has 4 N–H and O–H groups in total. The van der Waals surface area contributed by atoms with Gasteiger partial charge in [-0.25, -0.2) is 5.48 Å². The van der Waals surface area contributed by atoms with E-state index in [-0.39, 0.29) is 6.10 Å². The first-order chi connectivity index (χ1) is 10.4. The first-order valence-electron chi connectivity index (χ1n) is 7.47. The van der Waals surface area contributed by atoms with Crippen LogP contribution in [0.15, 0.2) is 30.3 Å². The van der Waals surface area contributed by atoms with Crippen molar-refractivity contribution in [3.05, 3.63) is 35.9 Å². The van der Waals surface area contributed by atoms with Crippen molar-refractivity contribution in [2.75, 3.05) is 5.75 Å². The highest BCUT2D eigenvalue weighted by Gasteiger charge is 2.23. The van der Waals surface area contributed by atoms with Crippen LogP contribution in [-0.4, -0.2) is 34.2 Å². The third kappa shape index (κ3) is 6.79. The SMILES string of the molecule is CC(C)SCC[C@@H](N)C(O)C(=O)NOC(C)c1ccccc1. The van der Waals surface area contributed by atoms with Gasteiger partial charge >= 0.3 is 0 Å². The molecule has 0 heterocycles. The normalized spacial score (nSPS) is 15.4. The topological polar surface area (TPSA) is 84.6 Å². The van der Waals surface area contributed by atoms with Crippen LogP contribution >= 0.6 is 11.8 Å². The van der Waals surface area contributed by atoms with E-state index in [1.807, 2.05) is 37.3 Å². The summed E-state index contributed by atoms with van der Waals surface area (Å²) in [5.41, 5.74) is 9.07. The molecule has 5 nitrogen and oxygen atoms in total. The average Bonchev–Trinajstić information content (AvgIpc) is 2.51. The molecule has 0 aromatic heterocycles. The van der Waals surface area contributed by atoms with Crippen LogP contribution in [0.25, 0.3) is 0 Å². The van der Waals surface area contributed by atoms with Gasteiger partial charge in [-0.15, -0.1) is 0 Å². The van der Waals surface area contributed by atoms with E-state index in [4.69, 9.17) is 10.6 Å². The van der Waals surface area contributed by atoms with Crippen LogP contribution in [0.1, 0.15) is 38.9 Å². The lowest BCUT2D eigenvalue weighted by Gasteiger charge is -2.20. The largest absolute Gasteiger partial charge is 0.382 e. The quantitative estimate of drug-likeness (QED) is 0.605. The van der Waals surface area contributed by atoms with Gasteiger partial charge in [-0.05, 0) is 29.9 Å². The summed E-state index contributed by atoms with van der Waals surface area (Å²) < 4.78 is 0. The Kier molecular flexibility index (Phi) is 8.48. The van der Waals surface area contributed by atoms with Crippen LogP contribution in [0.4, 0.5) is 0 Å². The molecule has 6 heteroatoms. The van der Waals surface area contributed by atoms with Gasteiger partial charge in [0.1, 0.15) is 12.2 Å². The van der Waals surface area contributed by atoms with Crippen LogP contribution in [0.2, 0.25) is 0 Å². The van der Waals surface area contributed by atoms with Crippen LogP contribution in [0.5, 0.6) is 0 Å². The Morgan fingerprint density at radius 3 is 2.55 bits per heavy atom. The minimum atomic E-state index is -1.27. The second kappa shape index (κ2) is 9.84. The highest BCUT2D eigenvalue weighted by atomic mass is 32.2. The molecule has 124 valence electrons. The zero-order valence-electron chi connectivity index (χ0n) is 13.4. The molecule has 0 bridgehead atoms. The van der Waals surface area contributed by atoms with E-state index in [9.17, 15) is 9.90 Å². The van der Waals surface area contributed by atoms with Crippen molar-refractivity contribution < 1.29 is 14.7 Å². The summed E-state index contributed by atoms with van der Waals surface area (Å²) in [6.45, 7) is 6.01. The van der Waals surface area contributed by atoms with E-state index >= 15 is 0 Å². The molecule has 0 saturated carbocycles. The number of amides is 1. The van der Waals surface area contributed by atoms with Gasteiger partial charge in [0.2, 0.25) is 0 Å². The zero-order valence-corrected chi connectivity index (χ0v) is 14.2. The number of thioether (sulfide) groups is 1. The van der Waals surface area contributed by atoms with Gasteiger partial charge in [-0.1, -0.05) is 44.2 Å². The van der Waals surface area contributed by atoms with E-state index in [0.29, 0.717) is 11.7 Å². The number of aliphatic hydroxyl groups excluding tert-OH is 1. The average molecular weight is 326 g/mol. The molecular formula is C16H26N2O3S. The highest BCUT2D eigenvalue weighted by molar-refractivity contribution is 7.99. The number of aliphatic hydroxyl groups is 1. The van der Waals surface area contributed by atoms with Gasteiger partial charge in [0.25, 0.3) is 5.91 Å². The van der Waals surface area contributed by atoms with Gasteiger partial charge in [0, 0.05) is 6.04 Å². The summed E-state index contributed by atoms with van der Waals surface area (Å²) in [5, 5.41) is 10.4. The fourth-order valence-electron chi connectivity index (χ4n) is 1.79. The second-order valence-electron chi connectivity index (χ2n) is 5.45. The first kappa shape index (κ1) is 19.0. The number of hydroxylamine groups is 1. The molecule has 0 aliphatic heterocycles. The van der Waals surface area contributed by atoms with Crippen molar-refractivity contribution in [3.8, 4) is 0 Å². The zero-order chi connectivity index (χ0) is 16.5. The molecule has 1 aromatic carbocycles. The monoisotopic (exact) mass is 326 g/mol. The number of carbonyl (C=O) groups excluding carboxylic acids is 1. The number of benzene rings is 1. The van der Waals surface area contributed by atoms with E-state index in [0.717, 1.165) is 11.3 Å². The van der Waals surface area contributed by atoms with Crippen LogP contribution in [0.3, 0.4) is 0 Å². The van der Waals surface area contributed by atoms with E-state index < -0.39 is 18.1 Å². The summed E-state index contributed by atoms with van der Waals surface area (Å²) in [6, 6.07) is 8.92. The Balaban J connectivity index is 2.34. The number of rotatable bonds is 9. The summed E-state index contributed by atoms with van der Waals surface area (Å²) in [4.78, 5) is 17.1. The minimum Gasteiger partial charge on any atom is -0.382 e. The number of hydrogen-bond donors (Lipinski definition) is 3. The fraction of sp³-hybridized carbons (Fsp3) is 0.562. The molecule has 0 aliphatic carbocycles. The Labute approximate surface area is 136 Å². The molecule has 1 amide bonds. The summed E-state index contributed by atoms with van der Waals surface area (Å²) in [6.07, 6.45) is -0.994. The van der Waals surface area contributed by atoms with Gasteiger partial charge in [-0.3, -0.25) is 9.63 Å². The predicted octanol–water partition coefficient (Wildman–Crippen LogP) is 2.02. The number of carbonyl (C=O) groups is 1. The molecule has 0 radical (unpaired) electrons. The van der Waals surface area contributed by atoms with Crippen molar-refractivity contribution in [2.45, 2.75) is 50.7 Å². The molecule has 1 aromatic rings. The van der Waals surface area contributed by atoms with E-state index in [1.165, 1.54) is 0 Å². The number of nitrogens with one attached hydrogen (secondary N) is 1. The summed E-state index contributed by atoms with van der Waals surface area (Å²) >= 11 is 1.75. The van der Waals surface area contributed by atoms with Crippen molar-refractivity contribution in [2.24, 2.45) is 5.73 Å². The molecule has 0 saturated heterocycles. The molecule has 3 atom stereocenters. The maximum Gasteiger partial charge on any atom is 0.273 e. The Morgan fingerprint density at radius 1 is 1.32 bits per heavy atom. The molecule has 0 fully saturated rings. The summed E-state index contributed by atoms with van der Waals surface area (Å²) in [5.74, 6) is 0.203. The Morgan fingerprint density at radius 2 is 1.95 bits per heavy atom. The van der Waals surface area contributed by atoms with Gasteiger partial charge in [0.15, 0.2) is 0 Å². The van der Waals surface area contributed by atoms with Crippen molar-refractivity contribution >= 4 is 17.7 Å². The minimum absolute atomic E-state index is 0.301. The molecular weight excluding hydrogens is 300 g/mol. The van der Waals surface area contributed by atoms with Crippen LogP contribution in [-0.2, 0) is 9.63 Å². The van der Waals surface area contributed by atoms with Crippen molar-refractivity contribution in [1.82, 2.24) is 5.48 Å². The summed E-state index contributed by atoms with van der Waals surface area (Å²) in [7, 11) is 0.